The SMILES string of the molecule is NC(=O)C[C@@H](NC(=O)c1cccc2[nH]ccc12)C(=O)O. The number of aromatic amines is 1. The van der Waals surface area contributed by atoms with Gasteiger partial charge in [0.1, 0.15) is 6.04 Å². The Kier molecular flexibility index (Phi) is 3.69. The van der Waals surface area contributed by atoms with Crippen molar-refractivity contribution in [3.8, 4) is 0 Å². The fourth-order valence-corrected chi connectivity index (χ4v) is 1.92. The monoisotopic (exact) mass is 275 g/mol. The molecule has 1 atom stereocenters. The standard InChI is InChI=1S/C13H13N3O4/c14-11(17)6-10(13(19)20)16-12(18)8-2-1-3-9-7(8)4-5-15-9/h1-5,10,15H,6H2,(H2,14,17)(H,16,18)(H,19,20)/t10-/m1/s1. The van der Waals surface area contributed by atoms with Gasteiger partial charge in [-0.2, -0.15) is 0 Å². The van der Waals surface area contributed by atoms with Crippen molar-refractivity contribution in [2.45, 2.75) is 12.5 Å². The maximum Gasteiger partial charge on any atom is 0.326 e. The number of primary amides is 1. The minimum atomic E-state index is -1.34. The molecule has 104 valence electrons. The number of nitrogens with one attached hydrogen (secondary N) is 2. The molecule has 0 unspecified atom stereocenters. The molecule has 0 aliphatic carbocycles. The van der Waals surface area contributed by atoms with E-state index in [0.717, 1.165) is 5.52 Å². The molecule has 1 aromatic carbocycles. The Labute approximate surface area is 113 Å². The van der Waals surface area contributed by atoms with Crippen LogP contribution in [0.25, 0.3) is 10.9 Å². The lowest BCUT2D eigenvalue weighted by Crippen LogP contribution is -2.43. The average molecular weight is 275 g/mol. The van der Waals surface area contributed by atoms with E-state index in [-0.39, 0.29) is 0 Å². The van der Waals surface area contributed by atoms with Crippen LogP contribution in [-0.4, -0.2) is 33.9 Å². The molecule has 20 heavy (non-hydrogen) atoms. The second kappa shape index (κ2) is 5.43. The van der Waals surface area contributed by atoms with E-state index in [2.05, 4.69) is 10.3 Å². The summed E-state index contributed by atoms with van der Waals surface area (Å²) in [6.07, 6.45) is 1.23. The normalized spacial score (nSPS) is 12.0. The Morgan fingerprint density at radius 3 is 2.70 bits per heavy atom. The van der Waals surface area contributed by atoms with Crippen LogP contribution in [0.4, 0.5) is 0 Å². The van der Waals surface area contributed by atoms with Crippen LogP contribution in [-0.2, 0) is 9.59 Å². The number of aromatic nitrogens is 1. The quantitative estimate of drug-likeness (QED) is 0.623. The number of carbonyl (C=O) groups excluding carboxylic acids is 2. The van der Waals surface area contributed by atoms with E-state index >= 15 is 0 Å². The van der Waals surface area contributed by atoms with Crippen molar-refractivity contribution >= 4 is 28.7 Å². The second-order valence-electron chi connectivity index (χ2n) is 4.28. The Morgan fingerprint density at radius 2 is 2.05 bits per heavy atom. The number of hydrogen-bond donors (Lipinski definition) is 4. The van der Waals surface area contributed by atoms with E-state index in [1.165, 1.54) is 0 Å². The number of carboxylic acid groups (broad SMARTS) is 1. The molecule has 2 rings (SSSR count). The van der Waals surface area contributed by atoms with Gasteiger partial charge in [0.05, 0.1) is 6.42 Å². The average Bonchev–Trinajstić information content (AvgIpc) is 2.84. The molecule has 0 aliphatic rings. The first kappa shape index (κ1) is 13.6. The first-order valence-electron chi connectivity index (χ1n) is 5.87. The van der Waals surface area contributed by atoms with Crippen molar-refractivity contribution in [1.29, 1.82) is 0 Å². The molecule has 7 nitrogen and oxygen atoms in total. The summed E-state index contributed by atoms with van der Waals surface area (Å²) in [7, 11) is 0. The van der Waals surface area contributed by atoms with E-state index in [1.54, 1.807) is 30.5 Å². The number of carbonyl (C=O) groups is 3. The summed E-state index contributed by atoms with van der Waals surface area (Å²) in [4.78, 5) is 36.9. The third-order valence-electron chi connectivity index (χ3n) is 2.85. The zero-order valence-electron chi connectivity index (χ0n) is 10.4. The van der Waals surface area contributed by atoms with E-state index in [9.17, 15) is 14.4 Å². The molecule has 0 fully saturated rings. The van der Waals surface area contributed by atoms with Gasteiger partial charge in [0.25, 0.3) is 5.91 Å². The Hall–Kier alpha value is -2.83. The van der Waals surface area contributed by atoms with Gasteiger partial charge in [-0.3, -0.25) is 9.59 Å². The molecule has 0 aliphatic heterocycles. The van der Waals surface area contributed by atoms with Gasteiger partial charge >= 0.3 is 5.97 Å². The van der Waals surface area contributed by atoms with Crippen LogP contribution in [0.1, 0.15) is 16.8 Å². The van der Waals surface area contributed by atoms with Crippen molar-refractivity contribution < 1.29 is 19.5 Å². The van der Waals surface area contributed by atoms with Gasteiger partial charge in [0.2, 0.25) is 5.91 Å². The molecule has 7 heteroatoms. The van der Waals surface area contributed by atoms with Gasteiger partial charge in [-0.15, -0.1) is 0 Å². The fraction of sp³-hybridized carbons (Fsp3) is 0.154. The molecule has 0 spiro atoms. The number of amides is 2. The molecule has 0 bridgehead atoms. The van der Waals surface area contributed by atoms with Crippen LogP contribution in [0, 0.1) is 0 Å². The summed E-state index contributed by atoms with van der Waals surface area (Å²) in [5, 5.41) is 11.9. The molecule has 5 N–H and O–H groups in total. The van der Waals surface area contributed by atoms with Crippen LogP contribution in [0.2, 0.25) is 0 Å². The van der Waals surface area contributed by atoms with Crippen LogP contribution in [0.5, 0.6) is 0 Å². The minimum absolute atomic E-state index is 0.333. The van der Waals surface area contributed by atoms with Crippen molar-refractivity contribution in [1.82, 2.24) is 10.3 Å². The highest BCUT2D eigenvalue weighted by Crippen LogP contribution is 2.17. The highest BCUT2D eigenvalue weighted by molar-refractivity contribution is 6.07. The number of hydrogen-bond acceptors (Lipinski definition) is 3. The Balaban J connectivity index is 2.24. The number of H-pyrrole nitrogens is 1. The first-order valence-corrected chi connectivity index (χ1v) is 5.87. The zero-order chi connectivity index (χ0) is 14.7. The lowest BCUT2D eigenvalue weighted by molar-refractivity contribution is -0.140. The van der Waals surface area contributed by atoms with Gasteiger partial charge in [0.15, 0.2) is 0 Å². The maximum atomic E-state index is 12.1. The number of carboxylic acids is 1. The molecule has 2 amide bonds. The molecular weight excluding hydrogens is 262 g/mol. The van der Waals surface area contributed by atoms with Crippen LogP contribution in [0.3, 0.4) is 0 Å². The lowest BCUT2D eigenvalue weighted by Gasteiger charge is -2.13. The smallest absolute Gasteiger partial charge is 0.326 e. The van der Waals surface area contributed by atoms with Gasteiger partial charge in [-0.1, -0.05) is 6.07 Å². The van der Waals surface area contributed by atoms with E-state index in [1.807, 2.05) is 0 Å². The second-order valence-corrected chi connectivity index (χ2v) is 4.28. The third-order valence-corrected chi connectivity index (χ3v) is 2.85. The molecule has 0 saturated heterocycles. The molecule has 1 heterocycles. The largest absolute Gasteiger partial charge is 0.480 e. The zero-order valence-corrected chi connectivity index (χ0v) is 10.4. The van der Waals surface area contributed by atoms with Gasteiger partial charge in [-0.05, 0) is 18.2 Å². The van der Waals surface area contributed by atoms with Gasteiger partial charge in [0, 0.05) is 22.7 Å². The first-order chi connectivity index (χ1) is 9.49. The topological polar surface area (TPSA) is 125 Å². The summed E-state index contributed by atoms with van der Waals surface area (Å²) in [5.41, 5.74) is 6.06. The maximum absolute atomic E-state index is 12.1. The number of fused-ring (bicyclic) bond motifs is 1. The lowest BCUT2D eigenvalue weighted by atomic mass is 10.1. The molecule has 2 aromatic rings. The number of benzene rings is 1. The van der Waals surface area contributed by atoms with E-state index < -0.39 is 30.2 Å². The van der Waals surface area contributed by atoms with Gasteiger partial charge < -0.3 is 21.1 Å². The highest BCUT2D eigenvalue weighted by atomic mass is 16.4. The summed E-state index contributed by atoms with van der Waals surface area (Å²) >= 11 is 0. The van der Waals surface area contributed by atoms with Crippen LogP contribution in [0.15, 0.2) is 30.5 Å². The number of aliphatic carboxylic acids is 1. The fourth-order valence-electron chi connectivity index (χ4n) is 1.92. The van der Waals surface area contributed by atoms with Crippen LogP contribution >= 0.6 is 0 Å². The summed E-state index contributed by atoms with van der Waals surface area (Å²) in [5.74, 6) is -2.67. The van der Waals surface area contributed by atoms with E-state index in [0.29, 0.717) is 10.9 Å². The number of nitrogens with two attached hydrogens (primary N) is 1. The van der Waals surface area contributed by atoms with E-state index in [4.69, 9.17) is 10.8 Å². The third kappa shape index (κ3) is 2.77. The number of rotatable bonds is 5. The summed E-state index contributed by atoms with van der Waals surface area (Å²) < 4.78 is 0. The summed E-state index contributed by atoms with van der Waals surface area (Å²) in [6.45, 7) is 0. The summed E-state index contributed by atoms with van der Waals surface area (Å²) in [6, 6.07) is 5.43. The van der Waals surface area contributed by atoms with Crippen molar-refractivity contribution in [3.63, 3.8) is 0 Å². The Morgan fingerprint density at radius 1 is 1.30 bits per heavy atom. The van der Waals surface area contributed by atoms with Crippen molar-refractivity contribution in [3.05, 3.63) is 36.0 Å². The van der Waals surface area contributed by atoms with Gasteiger partial charge in [-0.25, -0.2) is 4.79 Å². The molecule has 0 radical (unpaired) electrons. The molecular formula is C13H13N3O4. The Bertz CT molecular complexity index is 677. The molecule has 0 saturated carbocycles. The minimum Gasteiger partial charge on any atom is -0.480 e. The highest BCUT2D eigenvalue weighted by Gasteiger charge is 2.23. The van der Waals surface area contributed by atoms with Crippen LogP contribution < -0.4 is 11.1 Å². The predicted molar refractivity (Wildman–Crippen MR) is 71.0 cm³/mol. The van der Waals surface area contributed by atoms with Crippen molar-refractivity contribution in [2.24, 2.45) is 5.73 Å². The molecule has 1 aromatic heterocycles. The van der Waals surface area contributed by atoms with Crippen molar-refractivity contribution in [2.75, 3.05) is 0 Å². The predicted octanol–water partition coefficient (Wildman–Crippen LogP) is 0.226.